The lowest BCUT2D eigenvalue weighted by Gasteiger charge is -2.32. The van der Waals surface area contributed by atoms with Crippen molar-refractivity contribution >= 4 is 21.8 Å². The van der Waals surface area contributed by atoms with E-state index in [-0.39, 0.29) is 28.3 Å². The van der Waals surface area contributed by atoms with E-state index in [1.54, 1.807) is 18.2 Å². The van der Waals surface area contributed by atoms with E-state index in [0.29, 0.717) is 26.2 Å². The molecule has 2 heterocycles. The number of nitrogens with zero attached hydrogens (tertiary/aromatic N) is 2. The van der Waals surface area contributed by atoms with Crippen LogP contribution >= 0.6 is 0 Å². The predicted octanol–water partition coefficient (Wildman–Crippen LogP) is 1.58. The quantitative estimate of drug-likeness (QED) is 0.627. The van der Waals surface area contributed by atoms with Gasteiger partial charge in [0, 0.05) is 38.8 Å². The number of rotatable bonds is 8. The number of likely N-dealkylation sites (tertiary alicyclic amines) is 1. The Kier molecular flexibility index (Phi) is 8.45. The molecule has 0 aliphatic carbocycles. The van der Waals surface area contributed by atoms with Gasteiger partial charge in [-0.25, -0.2) is 8.42 Å². The second-order valence-corrected chi connectivity index (χ2v) is 10.2. The number of amides is 2. The third-order valence-corrected chi connectivity index (χ3v) is 7.88. The average Bonchev–Trinajstić information content (AvgIpc) is 2.79. The Labute approximate surface area is 185 Å². The van der Waals surface area contributed by atoms with E-state index >= 15 is 0 Å². The summed E-state index contributed by atoms with van der Waals surface area (Å²) in [5.74, 6) is -0.323. The normalized spacial score (nSPS) is 19.1. The predicted molar refractivity (Wildman–Crippen MR) is 119 cm³/mol. The smallest absolute Gasteiger partial charge is 0.252 e. The number of hydrogen-bond acceptors (Lipinski definition) is 5. The fourth-order valence-electron chi connectivity index (χ4n) is 4.15. The number of nitrogens with one attached hydrogen (secondary N) is 2. The highest BCUT2D eigenvalue weighted by molar-refractivity contribution is 7.89. The maximum Gasteiger partial charge on any atom is 0.252 e. The molecule has 0 spiro atoms. The van der Waals surface area contributed by atoms with E-state index in [9.17, 15) is 18.0 Å². The van der Waals surface area contributed by atoms with Crippen LogP contribution in [0.5, 0.6) is 0 Å². The van der Waals surface area contributed by atoms with Gasteiger partial charge in [0.1, 0.15) is 0 Å². The molecule has 3 rings (SSSR count). The van der Waals surface area contributed by atoms with Gasteiger partial charge in [0.15, 0.2) is 0 Å². The first-order valence-electron chi connectivity index (χ1n) is 11.3. The number of carbonyl (C=O) groups is 2. The van der Waals surface area contributed by atoms with Gasteiger partial charge in [-0.1, -0.05) is 25.5 Å². The molecular formula is C22H34N4O4S. The number of piperidine rings is 2. The summed E-state index contributed by atoms with van der Waals surface area (Å²) in [6.07, 6.45) is 5.11. The molecule has 31 heavy (non-hydrogen) atoms. The molecule has 8 nitrogen and oxygen atoms in total. The Balaban J connectivity index is 1.59. The highest BCUT2D eigenvalue weighted by atomic mass is 32.2. The molecule has 0 unspecified atom stereocenters. The van der Waals surface area contributed by atoms with Gasteiger partial charge < -0.3 is 10.6 Å². The standard InChI is InChI=1S/C22H34N4O4S/c1-2-12-23-21(27)17-25-15-10-18(11-16-25)24-22(28)19-8-4-5-9-20(19)31(29,30)26-13-6-3-7-14-26/h4-5,8-9,18H,2-3,6-7,10-17H2,1H3,(H,23,27)(H,24,28). The van der Waals surface area contributed by atoms with Crippen molar-refractivity contribution in [3.8, 4) is 0 Å². The van der Waals surface area contributed by atoms with Gasteiger partial charge in [-0.2, -0.15) is 4.31 Å². The number of carbonyl (C=O) groups excluding carboxylic acids is 2. The molecule has 9 heteroatoms. The van der Waals surface area contributed by atoms with Crippen molar-refractivity contribution in [3.63, 3.8) is 0 Å². The Morgan fingerprint density at radius 2 is 1.71 bits per heavy atom. The fourth-order valence-corrected chi connectivity index (χ4v) is 5.85. The molecule has 0 saturated carbocycles. The van der Waals surface area contributed by atoms with Gasteiger partial charge in [0.2, 0.25) is 15.9 Å². The third kappa shape index (κ3) is 6.27. The molecule has 2 saturated heterocycles. The second kappa shape index (κ2) is 11.1. The monoisotopic (exact) mass is 450 g/mol. The molecule has 2 N–H and O–H groups in total. The molecule has 0 radical (unpaired) electrons. The fraction of sp³-hybridized carbons (Fsp3) is 0.636. The molecule has 2 aliphatic rings. The zero-order chi connectivity index (χ0) is 22.3. The molecule has 172 valence electrons. The summed E-state index contributed by atoms with van der Waals surface area (Å²) in [7, 11) is -3.69. The van der Waals surface area contributed by atoms with E-state index in [2.05, 4.69) is 15.5 Å². The maximum absolute atomic E-state index is 13.1. The average molecular weight is 451 g/mol. The van der Waals surface area contributed by atoms with E-state index < -0.39 is 10.0 Å². The van der Waals surface area contributed by atoms with Crippen LogP contribution in [0.2, 0.25) is 0 Å². The van der Waals surface area contributed by atoms with Gasteiger partial charge in [-0.3, -0.25) is 14.5 Å². The van der Waals surface area contributed by atoms with E-state index in [1.165, 1.54) is 10.4 Å². The van der Waals surface area contributed by atoms with E-state index in [4.69, 9.17) is 0 Å². The first-order valence-corrected chi connectivity index (χ1v) is 12.7. The van der Waals surface area contributed by atoms with Crippen LogP contribution in [0.1, 0.15) is 55.8 Å². The molecule has 0 bridgehead atoms. The van der Waals surface area contributed by atoms with Crippen molar-refractivity contribution in [2.75, 3.05) is 39.3 Å². The summed E-state index contributed by atoms with van der Waals surface area (Å²) in [5, 5.41) is 5.89. The van der Waals surface area contributed by atoms with Crippen LogP contribution in [-0.2, 0) is 14.8 Å². The van der Waals surface area contributed by atoms with Crippen LogP contribution in [-0.4, -0.2) is 74.7 Å². The van der Waals surface area contributed by atoms with Crippen LogP contribution < -0.4 is 10.6 Å². The third-order valence-electron chi connectivity index (χ3n) is 5.93. The van der Waals surface area contributed by atoms with E-state index in [1.807, 2.05) is 6.92 Å². The zero-order valence-corrected chi connectivity index (χ0v) is 19.1. The topological polar surface area (TPSA) is 98.8 Å². The van der Waals surface area contributed by atoms with Crippen molar-refractivity contribution in [2.24, 2.45) is 0 Å². The van der Waals surface area contributed by atoms with E-state index in [0.717, 1.165) is 51.6 Å². The van der Waals surface area contributed by atoms with Crippen molar-refractivity contribution in [1.29, 1.82) is 0 Å². The second-order valence-electron chi connectivity index (χ2n) is 8.33. The Hall–Kier alpha value is -1.97. The maximum atomic E-state index is 13.1. The SMILES string of the molecule is CCCNC(=O)CN1CCC(NC(=O)c2ccccc2S(=O)(=O)N2CCCCC2)CC1. The van der Waals surface area contributed by atoms with Gasteiger partial charge in [-0.05, 0) is 44.2 Å². The lowest BCUT2D eigenvalue weighted by atomic mass is 10.0. The first kappa shape index (κ1) is 23.7. The molecule has 2 fully saturated rings. The van der Waals surface area contributed by atoms with Crippen molar-refractivity contribution in [1.82, 2.24) is 19.8 Å². The summed E-state index contributed by atoms with van der Waals surface area (Å²) in [5.41, 5.74) is 0.203. The summed E-state index contributed by atoms with van der Waals surface area (Å²) >= 11 is 0. The molecule has 2 aliphatic heterocycles. The number of hydrogen-bond donors (Lipinski definition) is 2. The van der Waals surface area contributed by atoms with Crippen LogP contribution in [0.25, 0.3) is 0 Å². The Morgan fingerprint density at radius 3 is 2.39 bits per heavy atom. The molecule has 1 aromatic carbocycles. The lowest BCUT2D eigenvalue weighted by Crippen LogP contribution is -2.47. The van der Waals surface area contributed by atoms with Crippen LogP contribution in [0, 0.1) is 0 Å². The molecule has 0 aromatic heterocycles. The van der Waals surface area contributed by atoms with Crippen LogP contribution in [0.15, 0.2) is 29.2 Å². The number of sulfonamides is 1. The summed E-state index contributed by atoms with van der Waals surface area (Å²) in [6.45, 7) is 5.52. The Morgan fingerprint density at radius 1 is 1.03 bits per heavy atom. The first-order chi connectivity index (χ1) is 14.9. The molecule has 0 atom stereocenters. The highest BCUT2D eigenvalue weighted by Crippen LogP contribution is 2.24. The largest absolute Gasteiger partial charge is 0.355 e. The minimum Gasteiger partial charge on any atom is -0.355 e. The van der Waals surface area contributed by atoms with Crippen LogP contribution in [0.3, 0.4) is 0 Å². The number of benzene rings is 1. The minimum absolute atomic E-state index is 0.0289. The van der Waals surface area contributed by atoms with Crippen molar-refractivity contribution < 1.29 is 18.0 Å². The van der Waals surface area contributed by atoms with Crippen molar-refractivity contribution in [3.05, 3.63) is 29.8 Å². The van der Waals surface area contributed by atoms with Gasteiger partial charge >= 0.3 is 0 Å². The summed E-state index contributed by atoms with van der Waals surface area (Å²) < 4.78 is 27.7. The Bertz CT molecular complexity index is 860. The van der Waals surface area contributed by atoms with Gasteiger partial charge in [0.05, 0.1) is 17.0 Å². The van der Waals surface area contributed by atoms with Gasteiger partial charge in [0.25, 0.3) is 5.91 Å². The molecular weight excluding hydrogens is 416 g/mol. The molecule has 1 aromatic rings. The van der Waals surface area contributed by atoms with Crippen LogP contribution in [0.4, 0.5) is 0 Å². The van der Waals surface area contributed by atoms with Gasteiger partial charge in [-0.15, -0.1) is 0 Å². The molecule has 2 amide bonds. The lowest BCUT2D eigenvalue weighted by molar-refractivity contribution is -0.122. The summed E-state index contributed by atoms with van der Waals surface area (Å²) in [6, 6.07) is 6.43. The zero-order valence-electron chi connectivity index (χ0n) is 18.3. The highest BCUT2D eigenvalue weighted by Gasteiger charge is 2.30. The minimum atomic E-state index is -3.69. The van der Waals surface area contributed by atoms with Crippen molar-refractivity contribution in [2.45, 2.75) is 56.4 Å². The summed E-state index contributed by atoms with van der Waals surface area (Å²) in [4.78, 5) is 27.0.